The Balaban J connectivity index is 2.33. The number of halogens is 2. The molecule has 2 aromatic rings. The normalized spacial score (nSPS) is 12.5. The molecule has 0 saturated carbocycles. The maximum Gasteiger partial charge on any atom is 0.162 e. The van der Waals surface area contributed by atoms with Crippen LogP contribution in [0.2, 0.25) is 0 Å². The molecule has 0 bridgehead atoms. The fraction of sp³-hybridized carbons (Fsp3) is 0.294. The van der Waals surface area contributed by atoms with Crippen LogP contribution >= 0.6 is 0 Å². The number of aryl methyl sites for hydroxylation is 3. The van der Waals surface area contributed by atoms with Crippen LogP contribution in [0.4, 0.5) is 8.78 Å². The third-order valence-corrected chi connectivity index (χ3v) is 3.52. The first-order chi connectivity index (χ1) is 9.40. The van der Waals surface area contributed by atoms with E-state index >= 15 is 0 Å². The molecule has 0 radical (unpaired) electrons. The summed E-state index contributed by atoms with van der Waals surface area (Å²) in [5.41, 5.74) is 4.03. The topological polar surface area (TPSA) is 20.2 Å². The van der Waals surface area contributed by atoms with Gasteiger partial charge < -0.3 is 5.11 Å². The predicted octanol–water partition coefficient (Wildman–Crippen LogP) is 4.17. The highest BCUT2D eigenvalue weighted by Gasteiger charge is 2.17. The fourth-order valence-corrected chi connectivity index (χ4v) is 2.73. The molecule has 1 atom stereocenters. The van der Waals surface area contributed by atoms with Crippen molar-refractivity contribution < 1.29 is 13.9 Å². The van der Waals surface area contributed by atoms with Gasteiger partial charge in [-0.3, -0.25) is 0 Å². The Bertz CT molecular complexity index is 612. The van der Waals surface area contributed by atoms with Crippen molar-refractivity contribution in [2.45, 2.75) is 33.3 Å². The highest BCUT2D eigenvalue weighted by atomic mass is 19.2. The third kappa shape index (κ3) is 2.88. The molecule has 1 unspecified atom stereocenters. The van der Waals surface area contributed by atoms with E-state index in [9.17, 15) is 13.9 Å². The minimum absolute atomic E-state index is 0.0638. The van der Waals surface area contributed by atoms with E-state index in [1.165, 1.54) is 12.1 Å². The van der Waals surface area contributed by atoms with Crippen molar-refractivity contribution in [2.24, 2.45) is 0 Å². The third-order valence-electron chi connectivity index (χ3n) is 3.52. The molecule has 1 N–H and O–H groups in total. The molecule has 0 aliphatic heterocycles. The molecule has 2 aromatic carbocycles. The zero-order chi connectivity index (χ0) is 14.9. The lowest BCUT2D eigenvalue weighted by atomic mass is 9.92. The van der Waals surface area contributed by atoms with Crippen molar-refractivity contribution in [3.05, 3.63) is 69.8 Å². The first kappa shape index (κ1) is 14.7. The van der Waals surface area contributed by atoms with Gasteiger partial charge in [-0.2, -0.15) is 0 Å². The number of aliphatic hydroxyl groups excluding tert-OH is 1. The lowest BCUT2D eigenvalue weighted by molar-refractivity contribution is 0.175. The van der Waals surface area contributed by atoms with Gasteiger partial charge in [-0.05, 0) is 49.1 Å². The second kappa shape index (κ2) is 5.71. The van der Waals surface area contributed by atoms with Crippen LogP contribution in [-0.4, -0.2) is 5.11 Å². The van der Waals surface area contributed by atoms with Crippen molar-refractivity contribution in [3.63, 3.8) is 0 Å². The van der Waals surface area contributed by atoms with Crippen LogP contribution in [0.5, 0.6) is 0 Å². The summed E-state index contributed by atoms with van der Waals surface area (Å²) in [5.74, 6) is -1.76. The van der Waals surface area contributed by atoms with Crippen molar-refractivity contribution in [2.75, 3.05) is 0 Å². The monoisotopic (exact) mass is 276 g/mol. The smallest absolute Gasteiger partial charge is 0.162 e. The van der Waals surface area contributed by atoms with E-state index < -0.39 is 17.7 Å². The molecule has 0 heterocycles. The molecule has 0 amide bonds. The Morgan fingerprint density at radius 3 is 2.25 bits per heavy atom. The van der Waals surface area contributed by atoms with Gasteiger partial charge in [0.05, 0.1) is 6.10 Å². The highest BCUT2D eigenvalue weighted by Crippen LogP contribution is 2.27. The minimum atomic E-state index is -0.882. The molecule has 0 aromatic heterocycles. The molecule has 0 saturated heterocycles. The second-order valence-corrected chi connectivity index (χ2v) is 5.25. The highest BCUT2D eigenvalue weighted by molar-refractivity contribution is 5.39. The minimum Gasteiger partial charge on any atom is -0.388 e. The average molecular weight is 276 g/mol. The van der Waals surface area contributed by atoms with E-state index in [4.69, 9.17) is 0 Å². The van der Waals surface area contributed by atoms with Crippen molar-refractivity contribution >= 4 is 0 Å². The number of benzene rings is 2. The summed E-state index contributed by atoms with van der Waals surface area (Å²) < 4.78 is 26.8. The van der Waals surface area contributed by atoms with Gasteiger partial charge in [0.1, 0.15) is 0 Å². The zero-order valence-corrected chi connectivity index (χ0v) is 11.9. The van der Waals surface area contributed by atoms with E-state index in [0.29, 0.717) is 0 Å². The lowest BCUT2D eigenvalue weighted by Crippen LogP contribution is -2.08. The average Bonchev–Trinajstić information content (AvgIpc) is 2.33. The Labute approximate surface area is 117 Å². The Morgan fingerprint density at radius 2 is 1.65 bits per heavy atom. The fourth-order valence-electron chi connectivity index (χ4n) is 2.73. The molecule has 3 heteroatoms. The van der Waals surface area contributed by atoms with Gasteiger partial charge in [0.2, 0.25) is 0 Å². The summed E-state index contributed by atoms with van der Waals surface area (Å²) in [4.78, 5) is 0. The molecular weight excluding hydrogens is 258 g/mol. The number of hydrogen-bond donors (Lipinski definition) is 1. The maximum atomic E-state index is 13.7. The molecule has 20 heavy (non-hydrogen) atoms. The van der Waals surface area contributed by atoms with Gasteiger partial charge in [0.25, 0.3) is 0 Å². The van der Waals surface area contributed by atoms with Gasteiger partial charge >= 0.3 is 0 Å². The molecule has 106 valence electrons. The summed E-state index contributed by atoms with van der Waals surface area (Å²) in [6, 6.07) is 7.99. The Morgan fingerprint density at radius 1 is 1.05 bits per heavy atom. The van der Waals surface area contributed by atoms with Crippen LogP contribution in [0.3, 0.4) is 0 Å². The molecule has 0 aliphatic rings. The Hall–Kier alpha value is -1.74. The van der Waals surface area contributed by atoms with Crippen LogP contribution in [0.25, 0.3) is 0 Å². The van der Waals surface area contributed by atoms with Crippen molar-refractivity contribution in [1.82, 2.24) is 0 Å². The van der Waals surface area contributed by atoms with Gasteiger partial charge in [0.15, 0.2) is 11.6 Å². The summed E-state index contributed by atoms with van der Waals surface area (Å²) in [7, 11) is 0. The van der Waals surface area contributed by atoms with Crippen LogP contribution in [0, 0.1) is 32.4 Å². The zero-order valence-electron chi connectivity index (χ0n) is 11.9. The van der Waals surface area contributed by atoms with E-state index in [0.717, 1.165) is 28.3 Å². The largest absolute Gasteiger partial charge is 0.388 e. The van der Waals surface area contributed by atoms with Crippen molar-refractivity contribution in [1.29, 1.82) is 0 Å². The van der Waals surface area contributed by atoms with Gasteiger partial charge in [-0.25, -0.2) is 8.78 Å². The van der Waals surface area contributed by atoms with Gasteiger partial charge in [-0.15, -0.1) is 0 Å². The summed E-state index contributed by atoms with van der Waals surface area (Å²) in [5, 5.41) is 10.4. The molecule has 0 aliphatic carbocycles. The van der Waals surface area contributed by atoms with E-state index in [-0.39, 0.29) is 12.0 Å². The number of aliphatic hydroxyl groups is 1. The SMILES string of the molecule is Cc1cc(C)c(C(O)Cc2cccc(F)c2F)c(C)c1. The van der Waals surface area contributed by atoms with E-state index in [1.54, 1.807) is 0 Å². The molecule has 2 rings (SSSR count). The lowest BCUT2D eigenvalue weighted by Gasteiger charge is -2.18. The quantitative estimate of drug-likeness (QED) is 0.892. The summed E-state index contributed by atoms with van der Waals surface area (Å²) in [6.45, 7) is 5.82. The molecular formula is C17H18F2O. The number of rotatable bonds is 3. The van der Waals surface area contributed by atoms with Crippen LogP contribution in [0.1, 0.15) is 33.9 Å². The predicted molar refractivity (Wildman–Crippen MR) is 75.7 cm³/mol. The van der Waals surface area contributed by atoms with Crippen LogP contribution < -0.4 is 0 Å². The van der Waals surface area contributed by atoms with Gasteiger partial charge in [0, 0.05) is 6.42 Å². The standard InChI is InChI=1S/C17H18F2O/c1-10-7-11(2)16(12(3)8-10)15(20)9-13-5-4-6-14(18)17(13)19/h4-8,15,20H,9H2,1-3H3. The summed E-state index contributed by atoms with van der Waals surface area (Å²) in [6.07, 6.45) is -0.777. The second-order valence-electron chi connectivity index (χ2n) is 5.25. The van der Waals surface area contributed by atoms with E-state index in [1.807, 2.05) is 32.9 Å². The molecule has 0 spiro atoms. The van der Waals surface area contributed by atoms with Crippen LogP contribution in [-0.2, 0) is 6.42 Å². The van der Waals surface area contributed by atoms with Crippen molar-refractivity contribution in [3.8, 4) is 0 Å². The van der Waals surface area contributed by atoms with Gasteiger partial charge in [-0.1, -0.05) is 29.8 Å². The Kier molecular flexibility index (Phi) is 4.19. The number of hydrogen-bond acceptors (Lipinski definition) is 1. The molecule has 1 nitrogen and oxygen atoms in total. The van der Waals surface area contributed by atoms with E-state index in [2.05, 4.69) is 0 Å². The summed E-state index contributed by atoms with van der Waals surface area (Å²) >= 11 is 0. The van der Waals surface area contributed by atoms with Crippen LogP contribution in [0.15, 0.2) is 30.3 Å². The maximum absolute atomic E-state index is 13.7. The molecule has 0 fully saturated rings. The first-order valence-corrected chi connectivity index (χ1v) is 6.59. The first-order valence-electron chi connectivity index (χ1n) is 6.59.